The highest BCUT2D eigenvalue weighted by molar-refractivity contribution is 5.91. The Hall–Kier alpha value is -2.53. The van der Waals surface area contributed by atoms with E-state index in [-0.39, 0.29) is 12.0 Å². The number of hydrogen-bond acceptors (Lipinski definition) is 4. The van der Waals surface area contributed by atoms with E-state index < -0.39 is 0 Å². The highest BCUT2D eigenvalue weighted by Crippen LogP contribution is 2.18. The lowest BCUT2D eigenvalue weighted by Crippen LogP contribution is -2.35. The quantitative estimate of drug-likeness (QED) is 0.713. The summed E-state index contributed by atoms with van der Waals surface area (Å²) < 4.78 is 11.0. The zero-order valence-electron chi connectivity index (χ0n) is 15.4. The number of ether oxygens (including phenoxy) is 1. The van der Waals surface area contributed by atoms with Gasteiger partial charge in [-0.15, -0.1) is 0 Å². The van der Waals surface area contributed by atoms with Crippen LogP contribution in [0.1, 0.15) is 24.2 Å². The number of anilines is 1. The van der Waals surface area contributed by atoms with Crippen molar-refractivity contribution in [2.24, 2.45) is 0 Å². The first-order valence-corrected chi connectivity index (χ1v) is 9.00. The zero-order chi connectivity index (χ0) is 18.4. The topological polar surface area (TPSA) is 45.9 Å². The van der Waals surface area contributed by atoms with Crippen molar-refractivity contribution in [3.05, 3.63) is 60.1 Å². The smallest absolute Gasteiger partial charge is 0.247 e. The number of furan rings is 1. The maximum absolute atomic E-state index is 12.7. The van der Waals surface area contributed by atoms with Gasteiger partial charge >= 0.3 is 0 Å². The first-order valence-electron chi connectivity index (χ1n) is 9.00. The number of benzene rings is 1. The molecule has 1 fully saturated rings. The van der Waals surface area contributed by atoms with Crippen LogP contribution in [0.25, 0.3) is 6.08 Å². The van der Waals surface area contributed by atoms with Gasteiger partial charge in [-0.2, -0.15) is 0 Å². The maximum atomic E-state index is 12.7. The van der Waals surface area contributed by atoms with E-state index >= 15 is 0 Å². The molecule has 5 heteroatoms. The zero-order valence-corrected chi connectivity index (χ0v) is 15.4. The van der Waals surface area contributed by atoms with Crippen molar-refractivity contribution in [3.63, 3.8) is 0 Å². The second-order valence-electron chi connectivity index (χ2n) is 6.76. The second kappa shape index (κ2) is 8.72. The molecule has 2 heterocycles. The summed E-state index contributed by atoms with van der Waals surface area (Å²) in [5, 5.41) is 0. The van der Waals surface area contributed by atoms with Crippen LogP contribution in [0.3, 0.4) is 0 Å². The Morgan fingerprint density at radius 2 is 2.04 bits per heavy atom. The average Bonchev–Trinajstić information content (AvgIpc) is 3.33. The average molecular weight is 354 g/mol. The van der Waals surface area contributed by atoms with Gasteiger partial charge in [0.15, 0.2) is 0 Å². The van der Waals surface area contributed by atoms with Crippen LogP contribution in [0.2, 0.25) is 0 Å². The van der Waals surface area contributed by atoms with Crippen LogP contribution in [-0.4, -0.2) is 44.2 Å². The Morgan fingerprint density at radius 3 is 2.65 bits per heavy atom. The summed E-state index contributed by atoms with van der Waals surface area (Å²) in [5.74, 6) is 0.638. The lowest BCUT2D eigenvalue weighted by Gasteiger charge is -2.25. The number of amides is 1. The van der Waals surface area contributed by atoms with Crippen LogP contribution < -0.4 is 4.90 Å². The van der Waals surface area contributed by atoms with E-state index in [1.165, 1.54) is 0 Å². The van der Waals surface area contributed by atoms with E-state index in [1.807, 2.05) is 25.1 Å². The molecule has 1 aromatic heterocycles. The molecule has 1 aliphatic heterocycles. The highest BCUT2D eigenvalue weighted by atomic mass is 16.5. The lowest BCUT2D eigenvalue weighted by atomic mass is 10.1. The van der Waals surface area contributed by atoms with Gasteiger partial charge in [-0.3, -0.25) is 4.79 Å². The number of carbonyl (C=O) groups is 1. The Kier molecular flexibility index (Phi) is 6.12. The van der Waals surface area contributed by atoms with Gasteiger partial charge in [0.05, 0.1) is 12.4 Å². The van der Waals surface area contributed by atoms with E-state index in [0.29, 0.717) is 18.8 Å². The van der Waals surface area contributed by atoms with Crippen LogP contribution >= 0.6 is 0 Å². The van der Waals surface area contributed by atoms with Gasteiger partial charge < -0.3 is 19.0 Å². The minimum atomic E-state index is -0.0337. The van der Waals surface area contributed by atoms with E-state index in [2.05, 4.69) is 29.2 Å². The molecule has 1 saturated heterocycles. The summed E-state index contributed by atoms with van der Waals surface area (Å²) in [6.45, 7) is 1.96. The third-order valence-electron chi connectivity index (χ3n) is 4.52. The van der Waals surface area contributed by atoms with Crippen molar-refractivity contribution in [2.75, 3.05) is 32.1 Å². The molecule has 0 bridgehead atoms. The van der Waals surface area contributed by atoms with Gasteiger partial charge in [0, 0.05) is 45.6 Å². The van der Waals surface area contributed by atoms with E-state index in [0.717, 1.165) is 30.7 Å². The molecule has 1 unspecified atom stereocenters. The third-order valence-corrected chi connectivity index (χ3v) is 4.52. The Morgan fingerprint density at radius 1 is 1.23 bits per heavy atom. The Labute approximate surface area is 154 Å². The molecule has 1 aliphatic rings. The second-order valence-corrected chi connectivity index (χ2v) is 6.76. The van der Waals surface area contributed by atoms with Gasteiger partial charge in [-0.05, 0) is 48.7 Å². The minimum Gasteiger partial charge on any atom is -0.465 e. The molecule has 3 rings (SSSR count). The number of nitrogens with zero attached hydrogens (tertiary/aromatic N) is 2. The van der Waals surface area contributed by atoms with Gasteiger partial charge in [-0.1, -0.05) is 12.1 Å². The van der Waals surface area contributed by atoms with Crippen LogP contribution in [0.15, 0.2) is 53.2 Å². The molecule has 0 N–H and O–H groups in total. The summed E-state index contributed by atoms with van der Waals surface area (Å²) in [7, 11) is 4.03. The first-order chi connectivity index (χ1) is 12.6. The van der Waals surface area contributed by atoms with Crippen LogP contribution in [0.4, 0.5) is 5.69 Å². The summed E-state index contributed by atoms with van der Waals surface area (Å²) in [5.41, 5.74) is 2.25. The van der Waals surface area contributed by atoms with Gasteiger partial charge in [-0.25, -0.2) is 0 Å². The number of carbonyl (C=O) groups excluding carboxylic acids is 1. The standard InChI is InChI=1S/C21H26N2O3/c1-22(2)18-9-7-17(8-10-18)15-23(16-20-6-4-14-26-20)21(24)12-11-19-5-3-13-25-19/h3,5,7-13,20H,4,6,14-16H2,1-2H3. The monoisotopic (exact) mass is 354 g/mol. The summed E-state index contributed by atoms with van der Waals surface area (Å²) >= 11 is 0. The van der Waals surface area contributed by atoms with Crippen molar-refractivity contribution in [1.82, 2.24) is 4.90 Å². The van der Waals surface area contributed by atoms with Crippen molar-refractivity contribution in [2.45, 2.75) is 25.5 Å². The van der Waals surface area contributed by atoms with E-state index in [9.17, 15) is 4.79 Å². The normalized spacial score (nSPS) is 16.9. The largest absolute Gasteiger partial charge is 0.465 e. The Bertz CT molecular complexity index is 714. The minimum absolute atomic E-state index is 0.0337. The van der Waals surface area contributed by atoms with Crippen LogP contribution in [0.5, 0.6) is 0 Å². The molecule has 0 aliphatic carbocycles. The molecule has 2 aromatic rings. The van der Waals surface area contributed by atoms with Gasteiger partial charge in [0.2, 0.25) is 5.91 Å². The number of rotatable bonds is 7. The molecule has 5 nitrogen and oxygen atoms in total. The number of hydrogen-bond donors (Lipinski definition) is 0. The predicted octanol–water partition coefficient (Wildman–Crippen LogP) is 3.57. The maximum Gasteiger partial charge on any atom is 0.247 e. The van der Waals surface area contributed by atoms with Crippen LogP contribution in [0, 0.1) is 0 Å². The Balaban J connectivity index is 1.70. The molecular weight excluding hydrogens is 328 g/mol. The molecule has 1 aromatic carbocycles. The van der Waals surface area contributed by atoms with Gasteiger partial charge in [0.25, 0.3) is 0 Å². The lowest BCUT2D eigenvalue weighted by molar-refractivity contribution is -0.128. The highest BCUT2D eigenvalue weighted by Gasteiger charge is 2.21. The summed E-state index contributed by atoms with van der Waals surface area (Å²) in [6.07, 6.45) is 7.07. The molecular formula is C21H26N2O3. The molecule has 1 atom stereocenters. The first kappa shape index (κ1) is 18.3. The fourth-order valence-corrected chi connectivity index (χ4v) is 3.03. The van der Waals surface area contributed by atoms with E-state index in [4.69, 9.17) is 9.15 Å². The van der Waals surface area contributed by atoms with Crippen molar-refractivity contribution < 1.29 is 13.9 Å². The fraction of sp³-hybridized carbons (Fsp3) is 0.381. The fourth-order valence-electron chi connectivity index (χ4n) is 3.03. The van der Waals surface area contributed by atoms with Crippen molar-refractivity contribution >= 4 is 17.7 Å². The van der Waals surface area contributed by atoms with Crippen molar-refractivity contribution in [3.8, 4) is 0 Å². The molecule has 0 spiro atoms. The molecule has 0 radical (unpaired) electrons. The van der Waals surface area contributed by atoms with Crippen molar-refractivity contribution in [1.29, 1.82) is 0 Å². The summed E-state index contributed by atoms with van der Waals surface area (Å²) in [6, 6.07) is 11.9. The SMILES string of the molecule is CN(C)c1ccc(CN(CC2CCCO2)C(=O)C=Cc2ccco2)cc1. The molecule has 1 amide bonds. The van der Waals surface area contributed by atoms with Gasteiger partial charge in [0.1, 0.15) is 5.76 Å². The third kappa shape index (κ3) is 4.99. The summed E-state index contributed by atoms with van der Waals surface area (Å²) in [4.78, 5) is 16.6. The predicted molar refractivity (Wildman–Crippen MR) is 103 cm³/mol. The molecule has 138 valence electrons. The van der Waals surface area contributed by atoms with Crippen LogP contribution in [-0.2, 0) is 16.1 Å². The molecule has 26 heavy (non-hydrogen) atoms. The molecule has 0 saturated carbocycles. The van der Waals surface area contributed by atoms with E-state index in [1.54, 1.807) is 24.5 Å².